The minimum atomic E-state index is -2.51. The maximum Gasteiger partial charge on any atom is 0.466 e. The Morgan fingerprint density at radius 1 is 0.579 bits per heavy atom. The van der Waals surface area contributed by atoms with Crippen molar-refractivity contribution in [1.82, 2.24) is 0 Å². The summed E-state index contributed by atoms with van der Waals surface area (Å²) in [7, 11) is -7.51. The molecule has 0 aromatic rings. The summed E-state index contributed by atoms with van der Waals surface area (Å²) in [4.78, 5) is 0. The normalized spacial score (nSPS) is 14.8. The van der Waals surface area contributed by atoms with Crippen LogP contribution in [0.4, 0.5) is 0 Å². The third-order valence-electron chi connectivity index (χ3n) is 3.12. The molecule has 0 aromatic carbocycles. The summed E-state index contributed by atoms with van der Waals surface area (Å²) in [6.07, 6.45) is 0. The van der Waals surface area contributed by atoms with E-state index in [-0.39, 0.29) is 0 Å². The van der Waals surface area contributed by atoms with E-state index in [1.807, 2.05) is 0 Å². The van der Waals surface area contributed by atoms with Crippen molar-refractivity contribution >= 4 is 33.8 Å². The van der Waals surface area contributed by atoms with E-state index in [9.17, 15) is 0 Å². The zero-order chi connectivity index (χ0) is 15.5. The van der Waals surface area contributed by atoms with E-state index in [1.165, 1.54) is 0 Å². The molecule has 19 heavy (non-hydrogen) atoms. The Bertz CT molecular complexity index is 269. The average Bonchev–Trinajstić information content (AvgIpc) is 2.12. The summed E-state index contributed by atoms with van der Waals surface area (Å²) >= 11 is 0. The van der Waals surface area contributed by atoms with Gasteiger partial charge in [0.2, 0.25) is 0 Å². The topological polar surface area (TPSA) is 27.7 Å². The molecule has 0 fully saturated rings. The molecule has 0 rings (SSSR count). The summed E-state index contributed by atoms with van der Waals surface area (Å²) in [5, 5.41) is 0. The molecular weight excluding hydrogens is 304 g/mol. The fraction of sp³-hybridized carbons (Fsp3) is 1.00. The van der Waals surface area contributed by atoms with Crippen LogP contribution in [0, 0.1) is 0 Å². The van der Waals surface area contributed by atoms with Gasteiger partial charge in [0, 0.05) is 6.55 Å². The molecule has 0 radical (unpaired) electrons. The van der Waals surface area contributed by atoms with Crippen molar-refractivity contribution in [3.63, 3.8) is 0 Å². The lowest BCUT2D eigenvalue weighted by Crippen LogP contribution is -2.59. The average molecular weight is 339 g/mol. The van der Waals surface area contributed by atoms with Gasteiger partial charge in [-0.25, -0.2) is 0 Å². The quantitative estimate of drug-likeness (QED) is 0.590. The van der Waals surface area contributed by atoms with Gasteiger partial charge in [-0.2, -0.15) is 0 Å². The first-order valence-corrected chi connectivity index (χ1v) is 19.2. The predicted octanol–water partition coefficient (Wildman–Crippen LogP) is 4.89. The summed E-state index contributed by atoms with van der Waals surface area (Å²) in [5.74, 6) is 0. The number of hydrogen-bond donors (Lipinski definition) is 0. The minimum Gasteiger partial charge on any atom is -0.417 e. The van der Waals surface area contributed by atoms with Crippen LogP contribution >= 0.6 is 0 Å². The monoisotopic (exact) mass is 338 g/mol. The first-order chi connectivity index (χ1) is 8.24. The fourth-order valence-corrected chi connectivity index (χ4v) is 17.0. The Hall–Kier alpha value is 0.748. The lowest BCUT2D eigenvalue weighted by molar-refractivity contribution is 0.260. The standard InChI is InChI=1S/C12H34O3Si4/c1-11-17(6,7)14-19(10,13-16(3,4)5)15-18(8,9)12-2/h11-12H2,1-10H3. The first kappa shape index (κ1) is 19.7. The Kier molecular flexibility index (Phi) is 6.94. The molecule has 0 heterocycles. The molecule has 0 aliphatic rings. The molecule has 0 aromatic heterocycles. The van der Waals surface area contributed by atoms with E-state index in [2.05, 4.69) is 66.2 Å². The summed E-state index contributed by atoms with van der Waals surface area (Å²) in [5.41, 5.74) is 0. The SMILES string of the molecule is CC[Si](C)(C)O[Si](C)(O[Si](C)(C)C)O[Si](C)(C)CC. The Labute approximate surface area is 124 Å². The molecule has 116 valence electrons. The van der Waals surface area contributed by atoms with Gasteiger partial charge in [-0.05, 0) is 57.9 Å². The highest BCUT2D eigenvalue weighted by Crippen LogP contribution is 2.27. The highest BCUT2D eigenvalue weighted by atomic mass is 28.5. The van der Waals surface area contributed by atoms with E-state index >= 15 is 0 Å². The Morgan fingerprint density at radius 2 is 0.895 bits per heavy atom. The van der Waals surface area contributed by atoms with Crippen LogP contribution in [0.1, 0.15) is 13.8 Å². The molecule has 0 aliphatic carbocycles. The molecule has 3 nitrogen and oxygen atoms in total. The Balaban J connectivity index is 5.13. The van der Waals surface area contributed by atoms with Gasteiger partial charge in [0.1, 0.15) is 0 Å². The van der Waals surface area contributed by atoms with Crippen molar-refractivity contribution in [2.75, 3.05) is 0 Å². The van der Waals surface area contributed by atoms with Crippen LogP contribution in [0.15, 0.2) is 0 Å². The van der Waals surface area contributed by atoms with Crippen molar-refractivity contribution in [1.29, 1.82) is 0 Å². The molecule has 0 aliphatic heterocycles. The second-order valence-corrected chi connectivity index (χ2v) is 24.4. The van der Waals surface area contributed by atoms with E-state index < -0.39 is 33.8 Å². The maximum absolute atomic E-state index is 6.49. The van der Waals surface area contributed by atoms with E-state index in [0.717, 1.165) is 12.1 Å². The largest absolute Gasteiger partial charge is 0.466 e. The lowest BCUT2D eigenvalue weighted by atomic mass is 11.0. The molecule has 7 heteroatoms. The highest BCUT2D eigenvalue weighted by Gasteiger charge is 2.47. The van der Waals surface area contributed by atoms with Crippen molar-refractivity contribution in [3.8, 4) is 0 Å². The van der Waals surface area contributed by atoms with Gasteiger partial charge >= 0.3 is 8.80 Å². The van der Waals surface area contributed by atoms with Crippen molar-refractivity contribution in [2.45, 2.75) is 78.3 Å². The molecule has 0 amide bonds. The number of hydrogen-bond acceptors (Lipinski definition) is 3. The summed E-state index contributed by atoms with van der Waals surface area (Å²) in [6.45, 7) is 22.2. The van der Waals surface area contributed by atoms with E-state index in [4.69, 9.17) is 12.3 Å². The smallest absolute Gasteiger partial charge is 0.417 e. The molecule has 0 atom stereocenters. The second kappa shape index (κ2) is 6.67. The van der Waals surface area contributed by atoms with Crippen molar-refractivity contribution in [2.24, 2.45) is 0 Å². The van der Waals surface area contributed by atoms with Crippen LogP contribution in [-0.4, -0.2) is 33.8 Å². The lowest BCUT2D eigenvalue weighted by Gasteiger charge is -2.42. The highest BCUT2D eigenvalue weighted by molar-refractivity contribution is 6.90. The molecular formula is C12H34O3Si4. The fourth-order valence-electron chi connectivity index (χ4n) is 1.77. The second-order valence-electron chi connectivity index (χ2n) is 7.51. The van der Waals surface area contributed by atoms with Gasteiger partial charge in [0.25, 0.3) is 0 Å². The van der Waals surface area contributed by atoms with Crippen LogP contribution in [0.2, 0.25) is 64.5 Å². The van der Waals surface area contributed by atoms with E-state index in [1.54, 1.807) is 0 Å². The molecule has 0 spiro atoms. The van der Waals surface area contributed by atoms with Gasteiger partial charge in [-0.15, -0.1) is 0 Å². The minimum absolute atomic E-state index is 1.10. The van der Waals surface area contributed by atoms with Crippen molar-refractivity contribution in [3.05, 3.63) is 0 Å². The molecule has 0 bridgehead atoms. The zero-order valence-electron chi connectivity index (χ0n) is 14.6. The summed E-state index contributed by atoms with van der Waals surface area (Å²) < 4.78 is 19.4. The third kappa shape index (κ3) is 8.59. The molecule has 0 saturated heterocycles. The van der Waals surface area contributed by atoms with Crippen molar-refractivity contribution < 1.29 is 12.3 Å². The Morgan fingerprint density at radius 3 is 1.11 bits per heavy atom. The van der Waals surface area contributed by atoms with Gasteiger partial charge in [0.15, 0.2) is 25.0 Å². The summed E-state index contributed by atoms with van der Waals surface area (Å²) in [6, 6.07) is 2.20. The van der Waals surface area contributed by atoms with Crippen LogP contribution in [0.5, 0.6) is 0 Å². The maximum atomic E-state index is 6.49. The van der Waals surface area contributed by atoms with Gasteiger partial charge < -0.3 is 12.3 Å². The van der Waals surface area contributed by atoms with Gasteiger partial charge in [-0.3, -0.25) is 0 Å². The molecule has 0 N–H and O–H groups in total. The predicted molar refractivity (Wildman–Crippen MR) is 94.1 cm³/mol. The van der Waals surface area contributed by atoms with Gasteiger partial charge in [-0.1, -0.05) is 13.8 Å². The molecule has 0 unspecified atom stereocenters. The van der Waals surface area contributed by atoms with Crippen LogP contribution < -0.4 is 0 Å². The zero-order valence-corrected chi connectivity index (χ0v) is 18.6. The van der Waals surface area contributed by atoms with Crippen LogP contribution in [0.25, 0.3) is 0 Å². The number of rotatable bonds is 8. The van der Waals surface area contributed by atoms with Crippen LogP contribution in [-0.2, 0) is 12.3 Å². The van der Waals surface area contributed by atoms with Gasteiger partial charge in [0.05, 0.1) is 0 Å². The molecule has 0 saturated carbocycles. The van der Waals surface area contributed by atoms with Crippen LogP contribution in [0.3, 0.4) is 0 Å². The third-order valence-corrected chi connectivity index (χ3v) is 17.8. The van der Waals surface area contributed by atoms with E-state index in [0.29, 0.717) is 0 Å². The first-order valence-electron chi connectivity index (χ1n) is 7.35.